The molecule has 0 aliphatic heterocycles. The molecule has 0 aromatic heterocycles. The average molecular weight is 336 g/mol. The zero-order valence-electron chi connectivity index (χ0n) is 11.7. The molecule has 2 aromatic rings. The molecular formula is C17H19BrFN. The van der Waals surface area contributed by atoms with Gasteiger partial charge in [-0.25, -0.2) is 4.39 Å². The van der Waals surface area contributed by atoms with Gasteiger partial charge in [-0.3, -0.25) is 0 Å². The Balaban J connectivity index is 1.98. The van der Waals surface area contributed by atoms with Crippen LogP contribution in [0.15, 0.2) is 53.0 Å². The summed E-state index contributed by atoms with van der Waals surface area (Å²) in [7, 11) is 0. The third-order valence-electron chi connectivity index (χ3n) is 3.34. The Morgan fingerprint density at radius 1 is 1.10 bits per heavy atom. The first-order valence-electron chi connectivity index (χ1n) is 6.81. The van der Waals surface area contributed by atoms with Crippen LogP contribution in [0.3, 0.4) is 0 Å². The minimum atomic E-state index is -0.173. The van der Waals surface area contributed by atoms with Gasteiger partial charge in [0, 0.05) is 16.6 Å². The van der Waals surface area contributed by atoms with Crippen molar-refractivity contribution in [1.29, 1.82) is 0 Å². The molecule has 0 amide bonds. The van der Waals surface area contributed by atoms with E-state index in [0.29, 0.717) is 0 Å². The van der Waals surface area contributed by atoms with Crippen molar-refractivity contribution in [2.75, 3.05) is 0 Å². The first kappa shape index (κ1) is 15.2. The second-order valence-corrected chi connectivity index (χ2v) is 6.00. The maximum atomic E-state index is 13.2. The third kappa shape index (κ3) is 4.15. The summed E-state index contributed by atoms with van der Waals surface area (Å²) < 4.78 is 14.3. The van der Waals surface area contributed by atoms with E-state index < -0.39 is 0 Å². The summed E-state index contributed by atoms with van der Waals surface area (Å²) in [5, 5.41) is 3.55. The lowest BCUT2D eigenvalue weighted by Gasteiger charge is -2.21. The minimum Gasteiger partial charge on any atom is -0.307 e. The van der Waals surface area contributed by atoms with E-state index in [-0.39, 0.29) is 17.9 Å². The molecule has 0 aliphatic rings. The molecule has 106 valence electrons. The second kappa shape index (κ2) is 7.00. The van der Waals surface area contributed by atoms with Crippen molar-refractivity contribution in [3.05, 3.63) is 69.9 Å². The first-order chi connectivity index (χ1) is 9.56. The standard InChI is InChI=1S/C17H19BrFN/c1-12(10-14-6-5-7-15(19)11-14)20-13(2)16-8-3-4-9-17(16)18/h3-9,11-13,20H,10H2,1-2H3/t12?,13-/m1/s1. The minimum absolute atomic E-state index is 0.173. The Kier molecular flexibility index (Phi) is 5.32. The van der Waals surface area contributed by atoms with Crippen molar-refractivity contribution in [2.24, 2.45) is 0 Å². The Morgan fingerprint density at radius 3 is 2.55 bits per heavy atom. The Bertz CT molecular complexity index is 570. The summed E-state index contributed by atoms with van der Waals surface area (Å²) >= 11 is 3.57. The van der Waals surface area contributed by atoms with E-state index in [9.17, 15) is 4.39 Å². The summed E-state index contributed by atoms with van der Waals surface area (Å²) in [6, 6.07) is 15.5. The smallest absolute Gasteiger partial charge is 0.123 e. The summed E-state index contributed by atoms with van der Waals surface area (Å²) in [5.41, 5.74) is 2.25. The van der Waals surface area contributed by atoms with E-state index in [2.05, 4.69) is 41.2 Å². The Labute approximate surface area is 128 Å². The fourth-order valence-electron chi connectivity index (χ4n) is 2.42. The molecular weight excluding hydrogens is 317 g/mol. The van der Waals surface area contributed by atoms with Gasteiger partial charge in [-0.05, 0) is 49.6 Å². The molecule has 20 heavy (non-hydrogen) atoms. The monoisotopic (exact) mass is 335 g/mol. The lowest BCUT2D eigenvalue weighted by Crippen LogP contribution is -2.30. The van der Waals surface area contributed by atoms with Gasteiger partial charge in [0.05, 0.1) is 0 Å². The summed E-state index contributed by atoms with van der Waals surface area (Å²) in [5.74, 6) is -0.173. The highest BCUT2D eigenvalue weighted by atomic mass is 79.9. The van der Waals surface area contributed by atoms with Crippen LogP contribution < -0.4 is 5.32 Å². The number of hydrogen-bond acceptors (Lipinski definition) is 1. The van der Waals surface area contributed by atoms with Crippen molar-refractivity contribution < 1.29 is 4.39 Å². The van der Waals surface area contributed by atoms with Gasteiger partial charge in [0.2, 0.25) is 0 Å². The highest BCUT2D eigenvalue weighted by Gasteiger charge is 2.12. The molecule has 1 unspecified atom stereocenters. The van der Waals surface area contributed by atoms with Crippen LogP contribution in [-0.2, 0) is 6.42 Å². The maximum absolute atomic E-state index is 13.2. The van der Waals surface area contributed by atoms with Gasteiger partial charge in [-0.1, -0.05) is 46.3 Å². The highest BCUT2D eigenvalue weighted by molar-refractivity contribution is 9.10. The highest BCUT2D eigenvalue weighted by Crippen LogP contribution is 2.23. The van der Waals surface area contributed by atoms with Crippen molar-refractivity contribution >= 4 is 15.9 Å². The number of nitrogens with one attached hydrogen (secondary N) is 1. The molecule has 1 N–H and O–H groups in total. The molecule has 0 fully saturated rings. The van der Waals surface area contributed by atoms with Gasteiger partial charge < -0.3 is 5.32 Å². The van der Waals surface area contributed by atoms with Crippen LogP contribution in [0.5, 0.6) is 0 Å². The van der Waals surface area contributed by atoms with Crippen LogP contribution in [0.1, 0.15) is 31.0 Å². The van der Waals surface area contributed by atoms with Crippen molar-refractivity contribution in [1.82, 2.24) is 5.32 Å². The van der Waals surface area contributed by atoms with Crippen molar-refractivity contribution in [2.45, 2.75) is 32.4 Å². The van der Waals surface area contributed by atoms with Gasteiger partial charge in [-0.2, -0.15) is 0 Å². The summed E-state index contributed by atoms with van der Waals surface area (Å²) in [6.45, 7) is 4.26. The molecule has 2 rings (SSSR count). The van der Waals surface area contributed by atoms with E-state index in [1.54, 1.807) is 12.1 Å². The second-order valence-electron chi connectivity index (χ2n) is 5.14. The molecule has 0 aliphatic carbocycles. The van der Waals surface area contributed by atoms with Gasteiger partial charge >= 0.3 is 0 Å². The van der Waals surface area contributed by atoms with Gasteiger partial charge in [-0.15, -0.1) is 0 Å². The molecule has 0 radical (unpaired) electrons. The zero-order chi connectivity index (χ0) is 14.5. The van der Waals surface area contributed by atoms with E-state index in [1.807, 2.05) is 24.3 Å². The predicted molar refractivity (Wildman–Crippen MR) is 85.3 cm³/mol. The third-order valence-corrected chi connectivity index (χ3v) is 4.06. The first-order valence-corrected chi connectivity index (χ1v) is 7.60. The van der Waals surface area contributed by atoms with E-state index in [4.69, 9.17) is 0 Å². The molecule has 1 nitrogen and oxygen atoms in total. The quantitative estimate of drug-likeness (QED) is 0.821. The van der Waals surface area contributed by atoms with Crippen molar-refractivity contribution in [3.63, 3.8) is 0 Å². The van der Waals surface area contributed by atoms with E-state index in [1.165, 1.54) is 11.6 Å². The summed E-state index contributed by atoms with van der Waals surface area (Å²) in [4.78, 5) is 0. The lowest BCUT2D eigenvalue weighted by molar-refractivity contribution is 0.475. The van der Waals surface area contributed by atoms with Gasteiger partial charge in [0.15, 0.2) is 0 Å². The van der Waals surface area contributed by atoms with Gasteiger partial charge in [0.1, 0.15) is 5.82 Å². The molecule has 2 aromatic carbocycles. The molecule has 0 saturated carbocycles. The zero-order valence-corrected chi connectivity index (χ0v) is 13.3. The fourth-order valence-corrected chi connectivity index (χ4v) is 3.05. The number of benzene rings is 2. The van der Waals surface area contributed by atoms with Gasteiger partial charge in [0.25, 0.3) is 0 Å². The molecule has 0 heterocycles. The van der Waals surface area contributed by atoms with Crippen molar-refractivity contribution in [3.8, 4) is 0 Å². The van der Waals surface area contributed by atoms with Crippen LogP contribution in [0, 0.1) is 5.82 Å². The van der Waals surface area contributed by atoms with Crippen LogP contribution in [0.4, 0.5) is 4.39 Å². The molecule has 0 saturated heterocycles. The largest absolute Gasteiger partial charge is 0.307 e. The lowest BCUT2D eigenvalue weighted by atomic mass is 10.0. The van der Waals surface area contributed by atoms with Crippen LogP contribution in [0.2, 0.25) is 0 Å². The topological polar surface area (TPSA) is 12.0 Å². The average Bonchev–Trinajstić information content (AvgIpc) is 2.38. The van der Waals surface area contributed by atoms with Crippen LogP contribution in [0.25, 0.3) is 0 Å². The Morgan fingerprint density at radius 2 is 1.85 bits per heavy atom. The number of halogens is 2. The SMILES string of the molecule is CC(Cc1cccc(F)c1)N[C@H](C)c1ccccc1Br. The van der Waals surface area contributed by atoms with E-state index in [0.717, 1.165) is 16.5 Å². The molecule has 3 heteroatoms. The molecule has 2 atom stereocenters. The van der Waals surface area contributed by atoms with Crippen LogP contribution >= 0.6 is 15.9 Å². The predicted octanol–water partition coefficient (Wildman–Crippen LogP) is 4.87. The number of hydrogen-bond donors (Lipinski definition) is 1. The molecule has 0 bridgehead atoms. The maximum Gasteiger partial charge on any atom is 0.123 e. The summed E-state index contributed by atoms with van der Waals surface area (Å²) in [6.07, 6.45) is 0.812. The van der Waals surface area contributed by atoms with Crippen LogP contribution in [-0.4, -0.2) is 6.04 Å². The molecule has 0 spiro atoms. The fraction of sp³-hybridized carbons (Fsp3) is 0.294. The number of rotatable bonds is 5. The van der Waals surface area contributed by atoms with E-state index >= 15 is 0 Å². The normalized spacial score (nSPS) is 14.0. The Hall–Kier alpha value is -1.19.